The molecule has 9 heteroatoms. The van der Waals surface area contributed by atoms with E-state index in [1.165, 1.54) is 12.1 Å². The van der Waals surface area contributed by atoms with Gasteiger partial charge in [-0.1, -0.05) is 17.3 Å². The Labute approximate surface area is 153 Å². The SMILES string of the molecule is OC1CC(c2nc(-c3ccc(C(F)(F)F)cc3)no2)N(C2CCOCC2)C1. The molecule has 1 aromatic carbocycles. The molecule has 1 N–H and O–H groups in total. The highest BCUT2D eigenvalue weighted by atomic mass is 19.4. The van der Waals surface area contributed by atoms with Crippen LogP contribution in [0.2, 0.25) is 0 Å². The Kier molecular flexibility index (Phi) is 4.92. The fraction of sp³-hybridized carbons (Fsp3) is 0.556. The Balaban J connectivity index is 1.54. The van der Waals surface area contributed by atoms with Gasteiger partial charge in [-0.3, -0.25) is 4.90 Å². The second kappa shape index (κ2) is 7.21. The van der Waals surface area contributed by atoms with Gasteiger partial charge in [0.2, 0.25) is 11.7 Å². The zero-order valence-corrected chi connectivity index (χ0v) is 14.5. The molecule has 2 atom stereocenters. The van der Waals surface area contributed by atoms with Crippen LogP contribution in [0.3, 0.4) is 0 Å². The van der Waals surface area contributed by atoms with Crippen molar-refractivity contribution < 1.29 is 27.5 Å². The van der Waals surface area contributed by atoms with Crippen molar-refractivity contribution in [3.8, 4) is 11.4 Å². The lowest BCUT2D eigenvalue weighted by molar-refractivity contribution is -0.137. The van der Waals surface area contributed by atoms with Gasteiger partial charge in [0.05, 0.1) is 17.7 Å². The first kappa shape index (κ1) is 18.4. The summed E-state index contributed by atoms with van der Waals surface area (Å²) in [5, 5.41) is 14.1. The van der Waals surface area contributed by atoms with Crippen LogP contribution in [0.1, 0.15) is 36.8 Å². The van der Waals surface area contributed by atoms with Gasteiger partial charge in [0.25, 0.3) is 0 Å². The van der Waals surface area contributed by atoms with Crippen LogP contribution in [-0.2, 0) is 10.9 Å². The third-order valence-electron chi connectivity index (χ3n) is 5.17. The van der Waals surface area contributed by atoms with Crippen LogP contribution in [0.15, 0.2) is 28.8 Å². The molecule has 2 aliphatic rings. The van der Waals surface area contributed by atoms with Crippen molar-refractivity contribution in [2.24, 2.45) is 0 Å². The summed E-state index contributed by atoms with van der Waals surface area (Å²) in [6, 6.07) is 4.74. The van der Waals surface area contributed by atoms with Crippen LogP contribution in [0.25, 0.3) is 11.4 Å². The average Bonchev–Trinajstić information content (AvgIpc) is 3.28. The average molecular weight is 383 g/mol. The van der Waals surface area contributed by atoms with Crippen molar-refractivity contribution in [1.82, 2.24) is 15.0 Å². The van der Waals surface area contributed by atoms with E-state index in [4.69, 9.17) is 9.26 Å². The summed E-state index contributed by atoms with van der Waals surface area (Å²) >= 11 is 0. The summed E-state index contributed by atoms with van der Waals surface area (Å²) in [6.07, 6.45) is -2.61. The normalized spacial score (nSPS) is 25.2. The summed E-state index contributed by atoms with van der Waals surface area (Å²) < 4.78 is 48.9. The third-order valence-corrected chi connectivity index (χ3v) is 5.17. The molecule has 3 heterocycles. The van der Waals surface area contributed by atoms with E-state index in [1.54, 1.807) is 0 Å². The number of hydrogen-bond donors (Lipinski definition) is 1. The molecule has 2 aromatic rings. The summed E-state index contributed by atoms with van der Waals surface area (Å²) in [5.41, 5.74) is -0.270. The summed E-state index contributed by atoms with van der Waals surface area (Å²) in [6.45, 7) is 1.91. The van der Waals surface area contributed by atoms with Crippen molar-refractivity contribution in [1.29, 1.82) is 0 Å². The zero-order valence-electron chi connectivity index (χ0n) is 14.5. The highest BCUT2D eigenvalue weighted by Gasteiger charge is 2.40. The topological polar surface area (TPSA) is 71.6 Å². The highest BCUT2D eigenvalue weighted by Crippen LogP contribution is 2.36. The maximum atomic E-state index is 12.7. The van der Waals surface area contributed by atoms with Gasteiger partial charge < -0.3 is 14.4 Å². The number of ether oxygens (including phenoxy) is 1. The molecule has 0 saturated carbocycles. The minimum atomic E-state index is -4.38. The number of likely N-dealkylation sites (tertiary alicyclic amines) is 1. The maximum absolute atomic E-state index is 12.7. The van der Waals surface area contributed by atoms with Crippen LogP contribution in [0, 0.1) is 0 Å². The van der Waals surface area contributed by atoms with Gasteiger partial charge >= 0.3 is 6.18 Å². The predicted molar refractivity (Wildman–Crippen MR) is 88.6 cm³/mol. The Morgan fingerprint density at radius 3 is 2.48 bits per heavy atom. The molecule has 2 aliphatic heterocycles. The fourth-order valence-electron chi connectivity index (χ4n) is 3.80. The minimum Gasteiger partial charge on any atom is -0.392 e. The molecule has 0 radical (unpaired) electrons. The number of halogens is 3. The van der Waals surface area contributed by atoms with Crippen molar-refractivity contribution >= 4 is 0 Å². The lowest BCUT2D eigenvalue weighted by Gasteiger charge is -2.33. The van der Waals surface area contributed by atoms with Gasteiger partial charge in [-0.15, -0.1) is 0 Å². The molecule has 0 aliphatic carbocycles. The monoisotopic (exact) mass is 383 g/mol. The van der Waals surface area contributed by atoms with E-state index >= 15 is 0 Å². The Morgan fingerprint density at radius 1 is 1.11 bits per heavy atom. The summed E-state index contributed by atoms with van der Waals surface area (Å²) in [7, 11) is 0. The quantitative estimate of drug-likeness (QED) is 0.879. The number of rotatable bonds is 3. The molecule has 27 heavy (non-hydrogen) atoms. The van der Waals surface area contributed by atoms with Crippen LogP contribution in [0.4, 0.5) is 13.2 Å². The minimum absolute atomic E-state index is 0.196. The van der Waals surface area contributed by atoms with Crippen molar-refractivity contribution in [3.63, 3.8) is 0 Å². The lowest BCUT2D eigenvalue weighted by Crippen LogP contribution is -2.39. The van der Waals surface area contributed by atoms with E-state index in [9.17, 15) is 18.3 Å². The van der Waals surface area contributed by atoms with Gasteiger partial charge in [-0.25, -0.2) is 0 Å². The molecule has 0 bridgehead atoms. The first-order valence-corrected chi connectivity index (χ1v) is 8.94. The third kappa shape index (κ3) is 3.85. The van der Waals surface area contributed by atoms with Gasteiger partial charge in [-0.05, 0) is 31.4 Å². The van der Waals surface area contributed by atoms with E-state index in [0.717, 1.165) is 25.0 Å². The number of aromatic nitrogens is 2. The van der Waals surface area contributed by atoms with E-state index < -0.39 is 17.8 Å². The number of hydrogen-bond acceptors (Lipinski definition) is 6. The van der Waals surface area contributed by atoms with Crippen molar-refractivity contribution in [2.75, 3.05) is 19.8 Å². The van der Waals surface area contributed by atoms with Gasteiger partial charge in [0, 0.05) is 31.4 Å². The van der Waals surface area contributed by atoms with Crippen molar-refractivity contribution in [3.05, 3.63) is 35.7 Å². The van der Waals surface area contributed by atoms with Crippen LogP contribution >= 0.6 is 0 Å². The van der Waals surface area contributed by atoms with Crippen LogP contribution in [0.5, 0.6) is 0 Å². The second-order valence-electron chi connectivity index (χ2n) is 6.98. The Morgan fingerprint density at radius 2 is 1.81 bits per heavy atom. The standard InChI is InChI=1S/C18H20F3N3O3/c19-18(20,21)12-3-1-11(2-4-12)16-22-17(27-23-16)15-9-14(25)10-24(15)13-5-7-26-8-6-13/h1-4,13-15,25H,5-10H2. The summed E-state index contributed by atoms with van der Waals surface area (Å²) in [5.74, 6) is 0.625. The largest absolute Gasteiger partial charge is 0.416 e. The van der Waals surface area contributed by atoms with E-state index in [0.29, 0.717) is 37.6 Å². The first-order chi connectivity index (χ1) is 12.9. The number of benzene rings is 1. The number of aliphatic hydroxyl groups is 1. The molecule has 1 aromatic heterocycles. The molecule has 0 amide bonds. The molecule has 2 saturated heterocycles. The van der Waals surface area contributed by atoms with E-state index in [1.807, 2.05) is 0 Å². The van der Waals surface area contributed by atoms with Gasteiger partial charge in [0.15, 0.2) is 0 Å². The molecule has 0 spiro atoms. The van der Waals surface area contributed by atoms with Crippen molar-refractivity contribution in [2.45, 2.75) is 43.6 Å². The smallest absolute Gasteiger partial charge is 0.392 e. The van der Waals surface area contributed by atoms with Gasteiger partial charge in [0.1, 0.15) is 0 Å². The number of alkyl halides is 3. The molecule has 146 valence electrons. The molecule has 6 nitrogen and oxygen atoms in total. The Bertz CT molecular complexity index is 772. The first-order valence-electron chi connectivity index (χ1n) is 8.94. The second-order valence-corrected chi connectivity index (χ2v) is 6.98. The number of β-amino-alcohol motifs (C(OH)–C–C–N with tert-alkyl or cyclic N) is 1. The maximum Gasteiger partial charge on any atom is 0.416 e. The van der Waals surface area contributed by atoms with Crippen LogP contribution < -0.4 is 0 Å². The van der Waals surface area contributed by atoms with E-state index in [2.05, 4.69) is 15.0 Å². The molecule has 4 rings (SSSR count). The summed E-state index contributed by atoms with van der Waals surface area (Å²) in [4.78, 5) is 6.57. The zero-order chi connectivity index (χ0) is 19.0. The molecule has 2 unspecified atom stereocenters. The predicted octanol–water partition coefficient (Wildman–Crippen LogP) is 3.04. The van der Waals surface area contributed by atoms with E-state index in [-0.39, 0.29) is 17.9 Å². The van der Waals surface area contributed by atoms with Crippen LogP contribution in [-0.4, -0.2) is 52.1 Å². The molecular formula is C18H20F3N3O3. The highest BCUT2D eigenvalue weighted by molar-refractivity contribution is 5.54. The fourth-order valence-corrected chi connectivity index (χ4v) is 3.80. The molecular weight excluding hydrogens is 363 g/mol. The number of nitrogens with zero attached hydrogens (tertiary/aromatic N) is 3. The Hall–Kier alpha value is -1.97. The number of aliphatic hydroxyl groups excluding tert-OH is 1. The van der Waals surface area contributed by atoms with Gasteiger partial charge in [-0.2, -0.15) is 18.2 Å². The molecule has 2 fully saturated rings. The lowest BCUT2D eigenvalue weighted by atomic mass is 10.1.